The molecule has 10 heteroatoms. The van der Waals surface area contributed by atoms with Crippen LogP contribution in [0.25, 0.3) is 0 Å². The number of rotatable bonds is 0. The maximum atomic E-state index is 12.2. The van der Waals surface area contributed by atoms with Crippen LogP contribution in [0.3, 0.4) is 0 Å². The summed E-state index contributed by atoms with van der Waals surface area (Å²) in [5.74, 6) is -9.95. The van der Waals surface area contributed by atoms with Crippen LogP contribution >= 0.6 is 0 Å². The average Bonchev–Trinajstić information content (AvgIpc) is 3.04. The lowest BCUT2D eigenvalue weighted by atomic mass is 10.4. The van der Waals surface area contributed by atoms with Crippen molar-refractivity contribution in [1.82, 2.24) is 0 Å². The van der Waals surface area contributed by atoms with E-state index in [1.807, 2.05) is 10.6 Å². The van der Waals surface area contributed by atoms with Crippen molar-refractivity contribution in [2.75, 3.05) is 26.2 Å². The first-order valence-corrected chi connectivity index (χ1v) is 6.91. The standard InChI is InChI=1S/2C5H7F2N.C2H2O4/c2*6-5(7)3-1-8-2-4(3)5;3-1(4)2(5)6/h2*3-4,8H,1-2H2;(H,3,4)(H,5,6). The Bertz CT molecular complexity index is 408. The molecule has 0 bridgehead atoms. The van der Waals surface area contributed by atoms with Gasteiger partial charge in [-0.2, -0.15) is 0 Å². The van der Waals surface area contributed by atoms with Gasteiger partial charge in [0, 0.05) is 0 Å². The van der Waals surface area contributed by atoms with Gasteiger partial charge in [-0.05, 0) is 0 Å². The van der Waals surface area contributed by atoms with Crippen LogP contribution in [-0.2, 0) is 9.59 Å². The molecule has 4 N–H and O–H groups in total. The van der Waals surface area contributed by atoms with Gasteiger partial charge in [-0.3, -0.25) is 0 Å². The van der Waals surface area contributed by atoms with Gasteiger partial charge in [0.1, 0.15) is 0 Å². The van der Waals surface area contributed by atoms with E-state index in [1.54, 1.807) is 0 Å². The number of alkyl halides is 4. The SMILES string of the molecule is FC1(F)C2C[NH2+]CC21.FC1(F)C2C[NH2+]CC21.O=C([O-])C(=O)[O-]. The van der Waals surface area contributed by atoms with Crippen LogP contribution in [0.1, 0.15) is 0 Å². The number of piperidine rings is 2. The molecule has 2 aliphatic heterocycles. The molecule has 0 radical (unpaired) electrons. The fourth-order valence-corrected chi connectivity index (χ4v) is 3.12. The molecule has 4 aliphatic rings. The largest absolute Gasteiger partial charge is 0.543 e. The Morgan fingerprint density at radius 3 is 1.05 bits per heavy atom. The smallest absolute Gasteiger partial charge is 0.265 e. The van der Waals surface area contributed by atoms with Crippen molar-refractivity contribution in [1.29, 1.82) is 0 Å². The molecule has 4 atom stereocenters. The molecule has 126 valence electrons. The van der Waals surface area contributed by atoms with Crippen LogP contribution in [0.5, 0.6) is 0 Å². The summed E-state index contributed by atoms with van der Waals surface area (Å²) < 4.78 is 48.9. The van der Waals surface area contributed by atoms with Crippen molar-refractivity contribution in [3.05, 3.63) is 0 Å². The second-order valence-electron chi connectivity index (χ2n) is 5.87. The number of aliphatic carboxylic acids is 2. The van der Waals surface area contributed by atoms with Gasteiger partial charge in [0.25, 0.3) is 11.8 Å². The lowest BCUT2D eigenvalue weighted by Gasteiger charge is -1.97. The zero-order valence-corrected chi connectivity index (χ0v) is 11.4. The average molecular weight is 328 g/mol. The fraction of sp³-hybridized carbons (Fsp3) is 0.833. The summed E-state index contributed by atoms with van der Waals surface area (Å²) in [4.78, 5) is 17.9. The molecule has 0 spiro atoms. The number of carbonyl (C=O) groups excluding carboxylic acids is 2. The number of hydrogen-bond acceptors (Lipinski definition) is 4. The first-order chi connectivity index (χ1) is 10.1. The second kappa shape index (κ2) is 5.65. The normalized spacial score (nSPS) is 37.5. The lowest BCUT2D eigenvalue weighted by molar-refractivity contribution is -0.648. The first-order valence-electron chi connectivity index (χ1n) is 6.91. The van der Waals surface area contributed by atoms with E-state index in [9.17, 15) is 17.6 Å². The molecule has 4 rings (SSSR count). The number of hydrogen-bond donors (Lipinski definition) is 2. The lowest BCUT2D eigenvalue weighted by Crippen LogP contribution is -2.83. The van der Waals surface area contributed by atoms with Crippen molar-refractivity contribution in [2.24, 2.45) is 23.7 Å². The minimum Gasteiger partial charge on any atom is -0.543 e. The Balaban J connectivity index is 0.000000123. The van der Waals surface area contributed by atoms with Gasteiger partial charge >= 0.3 is 0 Å². The van der Waals surface area contributed by atoms with E-state index in [0.29, 0.717) is 26.2 Å². The quantitative estimate of drug-likeness (QED) is 0.344. The molecule has 0 aromatic heterocycles. The summed E-state index contributed by atoms with van der Waals surface area (Å²) in [5.41, 5.74) is 0. The van der Waals surface area contributed by atoms with Gasteiger partial charge in [0.2, 0.25) is 0 Å². The zero-order valence-electron chi connectivity index (χ0n) is 11.4. The molecule has 4 fully saturated rings. The first kappa shape index (κ1) is 16.9. The Hall–Kier alpha value is -1.42. The van der Waals surface area contributed by atoms with Gasteiger partial charge < -0.3 is 30.4 Å². The van der Waals surface area contributed by atoms with Crippen molar-refractivity contribution < 1.29 is 48.0 Å². The van der Waals surface area contributed by atoms with Gasteiger partial charge in [-0.15, -0.1) is 0 Å². The van der Waals surface area contributed by atoms with Crippen LogP contribution in [0, 0.1) is 23.7 Å². The van der Waals surface area contributed by atoms with Crippen LogP contribution in [0.4, 0.5) is 17.6 Å². The minimum atomic E-state index is -2.27. The third-order valence-electron chi connectivity index (χ3n) is 4.58. The number of carbonyl (C=O) groups is 2. The fourth-order valence-electron chi connectivity index (χ4n) is 3.12. The van der Waals surface area contributed by atoms with Gasteiger partial charge in [0.15, 0.2) is 0 Å². The molecule has 6 nitrogen and oxygen atoms in total. The van der Waals surface area contributed by atoms with Crippen molar-refractivity contribution in [3.8, 4) is 0 Å². The summed E-state index contributed by atoms with van der Waals surface area (Å²) in [6.07, 6.45) is 0. The maximum Gasteiger partial charge on any atom is 0.265 e. The zero-order chi connectivity index (χ0) is 16.7. The Kier molecular flexibility index (Phi) is 4.35. The topological polar surface area (TPSA) is 113 Å². The Morgan fingerprint density at radius 2 is 0.955 bits per heavy atom. The van der Waals surface area contributed by atoms with Crippen molar-refractivity contribution in [3.63, 3.8) is 0 Å². The highest BCUT2D eigenvalue weighted by Gasteiger charge is 2.73. The number of fused-ring (bicyclic) bond motifs is 2. The van der Waals surface area contributed by atoms with Crippen LogP contribution in [0.15, 0.2) is 0 Å². The Labute approximate surface area is 122 Å². The highest BCUT2D eigenvalue weighted by molar-refractivity contribution is 6.25. The summed E-state index contributed by atoms with van der Waals surface area (Å²) >= 11 is 0. The van der Waals surface area contributed by atoms with Gasteiger partial charge in [-0.1, -0.05) is 0 Å². The number of quaternary nitrogens is 2. The predicted octanol–water partition coefficient (Wildman–Crippen LogP) is -4.62. The van der Waals surface area contributed by atoms with E-state index < -0.39 is 23.8 Å². The third-order valence-corrected chi connectivity index (χ3v) is 4.58. The summed E-state index contributed by atoms with van der Waals surface area (Å²) in [7, 11) is 0. The highest BCUT2D eigenvalue weighted by atomic mass is 19.3. The van der Waals surface area contributed by atoms with Crippen LogP contribution in [0.2, 0.25) is 0 Å². The summed E-state index contributed by atoms with van der Waals surface area (Å²) in [6.45, 7) is 2.60. The summed E-state index contributed by atoms with van der Waals surface area (Å²) in [5, 5.41) is 21.8. The van der Waals surface area contributed by atoms with E-state index in [-0.39, 0.29) is 23.7 Å². The third kappa shape index (κ3) is 3.17. The molecule has 0 amide bonds. The molecule has 2 heterocycles. The predicted molar refractivity (Wildman–Crippen MR) is 57.2 cm³/mol. The second-order valence-corrected chi connectivity index (χ2v) is 5.87. The minimum absolute atomic E-state index is 0.262. The van der Waals surface area contributed by atoms with Gasteiger partial charge in [0.05, 0.1) is 61.8 Å². The molecular formula is C12H16F4N2O4. The number of carboxylic acid groups (broad SMARTS) is 2. The van der Waals surface area contributed by atoms with E-state index in [0.717, 1.165) is 0 Å². The molecule has 2 aliphatic carbocycles. The summed E-state index contributed by atoms with van der Waals surface area (Å²) in [6, 6.07) is 0. The van der Waals surface area contributed by atoms with Crippen molar-refractivity contribution >= 4 is 11.9 Å². The Morgan fingerprint density at radius 1 is 0.727 bits per heavy atom. The van der Waals surface area contributed by atoms with Crippen molar-refractivity contribution in [2.45, 2.75) is 11.8 Å². The van der Waals surface area contributed by atoms with Crippen LogP contribution < -0.4 is 20.8 Å². The van der Waals surface area contributed by atoms with E-state index in [2.05, 4.69) is 0 Å². The maximum absolute atomic E-state index is 12.2. The molecule has 22 heavy (non-hydrogen) atoms. The monoisotopic (exact) mass is 328 g/mol. The van der Waals surface area contributed by atoms with E-state index >= 15 is 0 Å². The highest BCUT2D eigenvalue weighted by Crippen LogP contribution is 2.55. The molecule has 0 aromatic carbocycles. The van der Waals surface area contributed by atoms with Crippen LogP contribution in [-0.4, -0.2) is 50.0 Å². The molecule has 2 saturated heterocycles. The van der Waals surface area contributed by atoms with E-state index in [1.165, 1.54) is 0 Å². The molecular weight excluding hydrogens is 312 g/mol. The molecule has 4 unspecified atom stereocenters. The number of halogens is 4. The van der Waals surface area contributed by atoms with Gasteiger partial charge in [-0.25, -0.2) is 17.6 Å². The van der Waals surface area contributed by atoms with E-state index in [4.69, 9.17) is 19.8 Å². The number of carboxylic acids is 2. The molecule has 0 aromatic rings. The molecule has 2 saturated carbocycles. The number of nitrogens with two attached hydrogens (primary N) is 2.